The zero-order valence-electron chi connectivity index (χ0n) is 29.2. The average Bonchev–Trinajstić information content (AvgIpc) is 3.04. The molecule has 0 radical (unpaired) electrons. The molecule has 0 N–H and O–H groups in total. The van der Waals surface area contributed by atoms with Gasteiger partial charge in [-0.3, -0.25) is 4.67 Å². The second-order valence-corrected chi connectivity index (χ2v) is 16.6. The first-order chi connectivity index (χ1) is 21.4. The topological polar surface area (TPSA) is 55.8 Å². The minimum Gasteiger partial charge on any atom is -0.376 e. The van der Waals surface area contributed by atoms with Crippen molar-refractivity contribution in [2.45, 2.75) is 112 Å². The Kier molecular flexibility index (Phi) is 29.4. The molecule has 2 unspecified atom stereocenters. The van der Waals surface area contributed by atoms with Crippen LogP contribution in [-0.2, 0) is 31.8 Å². The summed E-state index contributed by atoms with van der Waals surface area (Å²) in [4.78, 5) is 0. The van der Waals surface area contributed by atoms with Crippen molar-refractivity contribution >= 4 is 15.1 Å². The van der Waals surface area contributed by atoms with Crippen molar-refractivity contribution in [1.82, 2.24) is 4.67 Å². The average molecular weight is 651 g/mol. The minimum atomic E-state index is -2.26. The Morgan fingerprint density at radius 1 is 0.614 bits per heavy atom. The van der Waals surface area contributed by atoms with E-state index in [2.05, 4.69) is 51.4 Å². The number of ether oxygens (including phenoxy) is 2. The summed E-state index contributed by atoms with van der Waals surface area (Å²) in [6, 6.07) is 20.2. The fourth-order valence-electron chi connectivity index (χ4n) is 4.52. The molecule has 0 aliphatic carbocycles. The predicted octanol–water partition coefficient (Wildman–Crippen LogP) is 11.4. The monoisotopic (exact) mass is 650 g/mol. The second kappa shape index (κ2) is 30.3. The van der Waals surface area contributed by atoms with E-state index in [0.29, 0.717) is 38.8 Å². The van der Waals surface area contributed by atoms with Crippen LogP contribution in [0.25, 0.3) is 0 Å². The van der Waals surface area contributed by atoms with Gasteiger partial charge in [0.1, 0.15) is 6.16 Å². The molecule has 0 amide bonds. The lowest BCUT2D eigenvalue weighted by Crippen LogP contribution is -2.22. The Morgan fingerprint density at radius 3 is 1.59 bits per heavy atom. The molecule has 0 bridgehead atoms. The van der Waals surface area contributed by atoms with Crippen molar-refractivity contribution in [3.05, 3.63) is 71.8 Å². The van der Waals surface area contributed by atoms with E-state index in [9.17, 15) is 9.13 Å². The second-order valence-electron chi connectivity index (χ2n) is 11.4. The minimum absolute atomic E-state index is 0.574. The molecule has 2 rings (SSSR count). The molecule has 2 aromatic carbocycles. The molecule has 0 aromatic heterocycles. The van der Waals surface area contributed by atoms with Crippen LogP contribution in [0.3, 0.4) is 0 Å². The smallest absolute Gasteiger partial charge is 0.341 e. The van der Waals surface area contributed by atoms with Gasteiger partial charge in [-0.2, -0.15) is 0 Å². The highest BCUT2D eigenvalue weighted by Crippen LogP contribution is 2.48. The Bertz CT molecular complexity index is 939. The van der Waals surface area contributed by atoms with Gasteiger partial charge in [0.2, 0.25) is 0 Å². The van der Waals surface area contributed by atoms with Crippen LogP contribution in [-0.4, -0.2) is 56.1 Å². The molecule has 0 saturated carbocycles. The maximum absolute atomic E-state index is 13.2. The summed E-state index contributed by atoms with van der Waals surface area (Å²) >= 11 is 0. The lowest BCUT2D eigenvalue weighted by Gasteiger charge is -2.28. The summed E-state index contributed by atoms with van der Waals surface area (Å²) in [5, 5.41) is 0. The maximum atomic E-state index is 13.2. The van der Waals surface area contributed by atoms with Crippen molar-refractivity contribution in [3.8, 4) is 0 Å². The van der Waals surface area contributed by atoms with E-state index in [1.54, 1.807) is 0 Å². The maximum Gasteiger partial charge on any atom is 0.341 e. The van der Waals surface area contributed by atoms with E-state index in [1.165, 1.54) is 56.1 Å². The van der Waals surface area contributed by atoms with E-state index < -0.39 is 15.1 Å². The van der Waals surface area contributed by atoms with Gasteiger partial charge >= 0.3 is 7.80 Å². The Balaban J connectivity index is 0.000000722. The third-order valence-corrected chi connectivity index (χ3v) is 12.4. The Labute approximate surface area is 273 Å². The van der Waals surface area contributed by atoms with Gasteiger partial charge < -0.3 is 14.0 Å². The lowest BCUT2D eigenvalue weighted by atomic mass is 10.2. The van der Waals surface area contributed by atoms with Gasteiger partial charge in [-0.15, -0.1) is 0 Å². The van der Waals surface area contributed by atoms with Crippen LogP contribution < -0.4 is 0 Å². The zero-order chi connectivity index (χ0) is 32.7. The Hall–Kier alpha value is -1.35. The van der Waals surface area contributed by atoms with Crippen LogP contribution in [0.1, 0.15) is 110 Å². The molecule has 0 spiro atoms. The molecule has 5 nitrogen and oxygen atoms in total. The van der Waals surface area contributed by atoms with Crippen LogP contribution in [0.5, 0.6) is 0 Å². The normalized spacial score (nSPS) is 12.5. The number of hydrogen-bond acceptors (Lipinski definition) is 4. The number of unbranched alkanes of at least 4 members (excludes halogenated alkanes) is 6. The molecule has 2 atom stereocenters. The van der Waals surface area contributed by atoms with Crippen molar-refractivity contribution in [2.24, 2.45) is 0 Å². The zero-order valence-corrected chi connectivity index (χ0v) is 31.0. The van der Waals surface area contributed by atoms with Gasteiger partial charge in [0.25, 0.3) is 0 Å². The number of rotatable bonds is 23. The molecular formula is C37H66NO4P2+. The highest BCUT2D eigenvalue weighted by atomic mass is 31.2. The fraction of sp³-hybridized carbons (Fsp3) is 0.676. The van der Waals surface area contributed by atoms with Crippen LogP contribution in [0.15, 0.2) is 60.7 Å². The number of hydrogen-bond donors (Lipinski definition) is 0. The van der Waals surface area contributed by atoms with Crippen LogP contribution in [0.4, 0.5) is 0 Å². The standard InChI is InChI=1S/C18H32NO2P.C12H18O2P.C7H16/c1-4-6-10-13-19(3)22(20,15-5-2)16-14-21-17-18-11-8-7-9-12-18;1-2-9-15(13)10-8-14-11-12-6-4-3-5-7-12;1-3-5-7-6-4-2/h7-9,11-12H,4-6,10,13-17H2,1-3H3;3-7H,2,8-11H2,1H3;3-7H2,1-2H3/q;+1;. The van der Waals surface area contributed by atoms with E-state index >= 15 is 0 Å². The van der Waals surface area contributed by atoms with Crippen LogP contribution in [0, 0.1) is 0 Å². The summed E-state index contributed by atoms with van der Waals surface area (Å²) in [5.41, 5.74) is 2.34. The van der Waals surface area contributed by atoms with Crippen molar-refractivity contribution in [3.63, 3.8) is 0 Å². The first kappa shape index (κ1) is 42.6. The third kappa shape index (κ3) is 24.0. The highest BCUT2D eigenvalue weighted by molar-refractivity contribution is 7.61. The van der Waals surface area contributed by atoms with E-state index in [4.69, 9.17) is 9.47 Å². The summed E-state index contributed by atoms with van der Waals surface area (Å²) in [7, 11) is -1.28. The van der Waals surface area contributed by atoms with E-state index in [-0.39, 0.29) is 0 Å². The quantitative estimate of drug-likeness (QED) is 0.0885. The molecule has 2 aromatic rings. The summed E-state index contributed by atoms with van der Waals surface area (Å²) in [6.07, 6.45) is 15.5. The summed E-state index contributed by atoms with van der Waals surface area (Å²) < 4.78 is 37.8. The fourth-order valence-corrected chi connectivity index (χ4v) is 8.10. The van der Waals surface area contributed by atoms with Gasteiger partial charge in [0.15, 0.2) is 13.5 Å². The van der Waals surface area contributed by atoms with E-state index in [0.717, 1.165) is 38.1 Å². The first-order valence-corrected chi connectivity index (χ1v) is 21.0. The van der Waals surface area contributed by atoms with Gasteiger partial charge in [-0.05, 0) is 37.4 Å². The summed E-state index contributed by atoms with van der Waals surface area (Å²) in [6.45, 7) is 14.2. The highest BCUT2D eigenvalue weighted by Gasteiger charge is 2.25. The van der Waals surface area contributed by atoms with Gasteiger partial charge in [-0.25, -0.2) is 0 Å². The van der Waals surface area contributed by atoms with Gasteiger partial charge in [0.05, 0.1) is 26.4 Å². The van der Waals surface area contributed by atoms with Crippen molar-refractivity contribution in [2.75, 3.05) is 51.5 Å². The lowest BCUT2D eigenvalue weighted by molar-refractivity contribution is 0.134. The largest absolute Gasteiger partial charge is 0.376 e. The van der Waals surface area contributed by atoms with Crippen LogP contribution >= 0.6 is 15.1 Å². The SMILES string of the molecule is CCCCCCC.CCCCCN(C)P(=O)(CCC)CCOCc1ccccc1.CCC[P+](=O)CCOCc1ccccc1. The molecule has 0 aliphatic rings. The molecular weight excluding hydrogens is 584 g/mol. The first-order valence-electron chi connectivity index (χ1n) is 17.3. The predicted molar refractivity (Wildman–Crippen MR) is 194 cm³/mol. The van der Waals surface area contributed by atoms with Gasteiger partial charge in [-0.1, -0.05) is 145 Å². The van der Waals surface area contributed by atoms with Crippen molar-refractivity contribution < 1.29 is 18.6 Å². The third-order valence-electron chi connectivity index (χ3n) is 7.25. The molecule has 252 valence electrons. The van der Waals surface area contributed by atoms with E-state index in [1.807, 2.05) is 55.6 Å². The number of nitrogens with zero attached hydrogens (tertiary/aromatic N) is 1. The van der Waals surface area contributed by atoms with Gasteiger partial charge in [0, 0.05) is 18.9 Å². The molecule has 0 saturated heterocycles. The Morgan fingerprint density at radius 2 is 1.11 bits per heavy atom. The molecule has 7 heteroatoms. The molecule has 0 heterocycles. The molecule has 0 aliphatic heterocycles. The number of benzene rings is 2. The summed E-state index contributed by atoms with van der Waals surface area (Å²) in [5.74, 6) is 0. The molecule has 44 heavy (non-hydrogen) atoms. The van der Waals surface area contributed by atoms with Crippen molar-refractivity contribution in [1.29, 1.82) is 0 Å². The molecule has 0 fully saturated rings. The van der Waals surface area contributed by atoms with Crippen LogP contribution in [0.2, 0.25) is 0 Å².